The number of hydrogen-bond donors (Lipinski definition) is 0. The summed E-state index contributed by atoms with van der Waals surface area (Å²) in [6.07, 6.45) is 3.07. The summed E-state index contributed by atoms with van der Waals surface area (Å²) in [7, 11) is 2.05. The highest BCUT2D eigenvalue weighted by Crippen LogP contribution is 2.39. The Labute approximate surface area is 235 Å². The molecule has 0 spiro atoms. The van der Waals surface area contributed by atoms with Crippen LogP contribution in [-0.2, 0) is 13.5 Å². The van der Waals surface area contributed by atoms with Crippen molar-refractivity contribution in [3.8, 4) is 39.7 Å². The summed E-state index contributed by atoms with van der Waals surface area (Å²) in [6, 6.07) is 31.6. The van der Waals surface area contributed by atoms with Crippen LogP contribution in [0.15, 0.2) is 95.5 Å². The lowest BCUT2D eigenvalue weighted by atomic mass is 9.87. The zero-order valence-corrected chi connectivity index (χ0v) is 23.6. The molecule has 4 nitrogen and oxygen atoms in total. The number of benzene rings is 3. The van der Waals surface area contributed by atoms with E-state index in [4.69, 9.17) is 9.40 Å². The molecule has 0 unspecified atom stereocenters. The first-order chi connectivity index (χ1) is 19.2. The van der Waals surface area contributed by atoms with Crippen LogP contribution in [0.5, 0.6) is 0 Å². The Morgan fingerprint density at radius 3 is 2.27 bits per heavy atom. The zero-order valence-electron chi connectivity index (χ0n) is 23.6. The van der Waals surface area contributed by atoms with Gasteiger partial charge in [0.2, 0.25) is 11.4 Å². The first-order valence-electron chi connectivity index (χ1n) is 13.6. The summed E-state index contributed by atoms with van der Waals surface area (Å²) in [5.74, 6) is 0. The van der Waals surface area contributed by atoms with Crippen LogP contribution in [-0.4, -0.2) is 4.98 Å². The molecule has 4 heteroatoms. The minimum absolute atomic E-state index is 0.172. The van der Waals surface area contributed by atoms with Crippen LogP contribution in [0.2, 0.25) is 0 Å². The maximum absolute atomic E-state index is 10.1. The number of fused-ring (bicyclic) bond motifs is 3. The number of nitriles is 1. The second kappa shape index (κ2) is 9.77. The van der Waals surface area contributed by atoms with Crippen molar-refractivity contribution in [3.05, 3.63) is 108 Å². The molecular formula is C36H32N3O+. The molecule has 0 bridgehead atoms. The van der Waals surface area contributed by atoms with Gasteiger partial charge in [-0.3, -0.25) is 0 Å². The van der Waals surface area contributed by atoms with Crippen LogP contribution in [0.1, 0.15) is 37.5 Å². The van der Waals surface area contributed by atoms with Crippen LogP contribution in [0.25, 0.3) is 55.7 Å². The van der Waals surface area contributed by atoms with Gasteiger partial charge in [0.1, 0.15) is 7.05 Å². The molecular weight excluding hydrogens is 490 g/mol. The van der Waals surface area contributed by atoms with Crippen molar-refractivity contribution < 1.29 is 8.98 Å². The van der Waals surface area contributed by atoms with E-state index < -0.39 is 0 Å². The lowest BCUT2D eigenvalue weighted by Crippen LogP contribution is -2.31. The molecule has 0 radical (unpaired) electrons. The van der Waals surface area contributed by atoms with E-state index in [1.54, 1.807) is 0 Å². The lowest BCUT2D eigenvalue weighted by Gasteiger charge is -2.18. The van der Waals surface area contributed by atoms with Gasteiger partial charge in [-0.15, -0.1) is 0 Å². The predicted molar refractivity (Wildman–Crippen MR) is 162 cm³/mol. The van der Waals surface area contributed by atoms with Gasteiger partial charge in [-0.2, -0.15) is 5.26 Å². The fraction of sp³-hybridized carbons (Fsp3) is 0.194. The third-order valence-electron chi connectivity index (χ3n) is 7.42. The lowest BCUT2D eigenvalue weighted by molar-refractivity contribution is -0.660. The summed E-state index contributed by atoms with van der Waals surface area (Å²) < 4.78 is 8.66. The van der Waals surface area contributed by atoms with Gasteiger partial charge >= 0.3 is 0 Å². The van der Waals surface area contributed by atoms with Gasteiger partial charge in [0.15, 0.2) is 11.8 Å². The van der Waals surface area contributed by atoms with Crippen molar-refractivity contribution in [1.29, 1.82) is 5.26 Å². The van der Waals surface area contributed by atoms with Crippen LogP contribution < -0.4 is 4.57 Å². The fourth-order valence-corrected chi connectivity index (χ4v) is 5.58. The molecule has 0 aliphatic carbocycles. The smallest absolute Gasteiger partial charge is 0.227 e. The quantitative estimate of drug-likeness (QED) is 0.218. The summed E-state index contributed by atoms with van der Waals surface area (Å²) in [5, 5.41) is 11.7. The largest absolute Gasteiger partial charge is 0.437 e. The maximum atomic E-state index is 10.1. The molecule has 0 atom stereocenters. The molecule has 0 aliphatic heterocycles. The third kappa shape index (κ3) is 4.65. The molecule has 6 aromatic rings. The number of aryl methyl sites for hydroxylation is 2. The van der Waals surface area contributed by atoms with Crippen molar-refractivity contribution >= 4 is 22.1 Å². The molecule has 6 rings (SSSR count). The van der Waals surface area contributed by atoms with Crippen molar-refractivity contribution in [3.63, 3.8) is 0 Å². The first-order valence-corrected chi connectivity index (χ1v) is 13.6. The van der Waals surface area contributed by atoms with Crippen molar-refractivity contribution in [2.24, 2.45) is 12.5 Å². The molecule has 0 saturated carbocycles. The fourth-order valence-electron chi connectivity index (χ4n) is 5.58. The highest BCUT2D eigenvalue weighted by Gasteiger charge is 2.25. The second-order valence-electron chi connectivity index (χ2n) is 11.8. The summed E-state index contributed by atoms with van der Waals surface area (Å²) in [4.78, 5) is 4.93. The van der Waals surface area contributed by atoms with Gasteiger partial charge in [-0.05, 0) is 59.2 Å². The number of hydrogen-bond acceptors (Lipinski definition) is 3. The Morgan fingerprint density at radius 1 is 0.875 bits per heavy atom. The Kier molecular flexibility index (Phi) is 6.24. The summed E-state index contributed by atoms with van der Waals surface area (Å²) in [5.41, 5.74) is 10.5. The molecule has 0 amide bonds. The number of rotatable bonds is 4. The van der Waals surface area contributed by atoms with E-state index >= 15 is 0 Å². The average Bonchev–Trinajstić information content (AvgIpc) is 3.32. The Bertz CT molecular complexity index is 1920. The van der Waals surface area contributed by atoms with Gasteiger partial charge in [-0.25, -0.2) is 9.55 Å². The maximum Gasteiger partial charge on any atom is 0.227 e. The monoisotopic (exact) mass is 522 g/mol. The molecule has 3 aromatic heterocycles. The van der Waals surface area contributed by atoms with E-state index in [0.29, 0.717) is 16.9 Å². The van der Waals surface area contributed by atoms with Gasteiger partial charge in [-0.1, -0.05) is 75.4 Å². The molecule has 0 aliphatic rings. The minimum atomic E-state index is 0.172. The molecule has 3 heterocycles. The highest BCUT2D eigenvalue weighted by molar-refractivity contribution is 6.12. The second-order valence-corrected chi connectivity index (χ2v) is 11.8. The number of aromatic nitrogens is 2. The molecule has 40 heavy (non-hydrogen) atoms. The normalized spacial score (nSPS) is 11.7. The molecule has 0 N–H and O–H groups in total. The topological polar surface area (TPSA) is 53.7 Å². The first kappa shape index (κ1) is 25.5. The number of furan rings is 1. The van der Waals surface area contributed by atoms with Crippen molar-refractivity contribution in [2.45, 2.75) is 34.1 Å². The summed E-state index contributed by atoms with van der Waals surface area (Å²) >= 11 is 0. The van der Waals surface area contributed by atoms with E-state index in [1.165, 1.54) is 11.1 Å². The van der Waals surface area contributed by atoms with E-state index in [1.807, 2.05) is 43.3 Å². The van der Waals surface area contributed by atoms with Crippen LogP contribution in [0.4, 0.5) is 0 Å². The standard InChI is InChI=1S/C36H32N3O/c1-23-19-28(22-37)33-29-15-16-30(27-13-11-26(12-14-27)25-9-7-6-8-10-25)38-35(29)40-34(33)32(23)31-20-24(17-18-39(31)5)21-36(2,3)4/h6-20H,21H2,1-5H3/q+1. The SMILES string of the molecule is Cc1cc(C#N)c2c(oc3nc(-c4ccc(-c5ccccc5)cc4)ccc32)c1-c1cc(CC(C)(C)C)cc[n+]1C. The van der Waals surface area contributed by atoms with E-state index in [0.717, 1.165) is 50.8 Å². The minimum Gasteiger partial charge on any atom is -0.437 e. The van der Waals surface area contributed by atoms with Crippen LogP contribution in [0.3, 0.4) is 0 Å². The molecule has 3 aromatic carbocycles. The van der Waals surface area contributed by atoms with Gasteiger partial charge < -0.3 is 4.42 Å². The summed E-state index contributed by atoms with van der Waals surface area (Å²) in [6.45, 7) is 8.81. The molecule has 0 fully saturated rings. The van der Waals surface area contributed by atoms with E-state index in [2.05, 4.69) is 93.2 Å². The van der Waals surface area contributed by atoms with E-state index in [-0.39, 0.29) is 5.41 Å². The van der Waals surface area contributed by atoms with E-state index in [9.17, 15) is 5.26 Å². The zero-order chi connectivity index (χ0) is 28.0. The molecule has 196 valence electrons. The third-order valence-corrected chi connectivity index (χ3v) is 7.42. The van der Waals surface area contributed by atoms with Crippen LogP contribution in [0, 0.1) is 23.7 Å². The number of pyridine rings is 2. The van der Waals surface area contributed by atoms with Gasteiger partial charge in [0.05, 0.1) is 22.9 Å². The van der Waals surface area contributed by atoms with Crippen molar-refractivity contribution in [2.75, 3.05) is 0 Å². The Balaban J connectivity index is 1.50. The van der Waals surface area contributed by atoms with Gasteiger partial charge in [0, 0.05) is 28.5 Å². The highest BCUT2D eigenvalue weighted by atomic mass is 16.3. The van der Waals surface area contributed by atoms with Crippen LogP contribution >= 0.6 is 0 Å². The predicted octanol–water partition coefficient (Wildman–Crippen LogP) is 8.58. The van der Waals surface area contributed by atoms with Crippen molar-refractivity contribution in [1.82, 2.24) is 4.98 Å². The number of nitrogens with zero attached hydrogens (tertiary/aromatic N) is 3. The Morgan fingerprint density at radius 2 is 1.57 bits per heavy atom. The van der Waals surface area contributed by atoms with Gasteiger partial charge in [0.25, 0.3) is 0 Å². The molecule has 0 saturated heterocycles. The Hall–Kier alpha value is -4.75. The average molecular weight is 523 g/mol.